The van der Waals surface area contributed by atoms with Crippen molar-refractivity contribution in [3.8, 4) is 0 Å². The lowest BCUT2D eigenvalue weighted by molar-refractivity contribution is -0.123. The van der Waals surface area contributed by atoms with Crippen molar-refractivity contribution < 1.29 is 28.7 Å². The van der Waals surface area contributed by atoms with E-state index in [1.54, 1.807) is 0 Å². The van der Waals surface area contributed by atoms with Gasteiger partial charge in [0, 0.05) is 5.69 Å². The third kappa shape index (κ3) is 5.40. The van der Waals surface area contributed by atoms with Gasteiger partial charge in [-0.15, -0.1) is 0 Å². The molecule has 9 heteroatoms. The van der Waals surface area contributed by atoms with Crippen molar-refractivity contribution in [3.63, 3.8) is 0 Å². The summed E-state index contributed by atoms with van der Waals surface area (Å²) in [5.41, 5.74) is 5.41. The van der Waals surface area contributed by atoms with Crippen molar-refractivity contribution in [3.05, 3.63) is 29.3 Å². The Balaban J connectivity index is 2.96. The molecule has 0 unspecified atom stereocenters. The van der Waals surface area contributed by atoms with Crippen LogP contribution in [0.5, 0.6) is 0 Å². The number of amides is 2. The molecule has 0 radical (unpaired) electrons. The molecule has 0 bridgehead atoms. The van der Waals surface area contributed by atoms with Crippen LogP contribution in [-0.2, 0) is 19.1 Å². The van der Waals surface area contributed by atoms with Crippen LogP contribution in [0.25, 0.3) is 0 Å². The number of carbonyl (C=O) groups excluding carboxylic acids is 4. The van der Waals surface area contributed by atoms with Gasteiger partial charge < -0.3 is 25.8 Å². The van der Waals surface area contributed by atoms with Gasteiger partial charge in [-0.2, -0.15) is 0 Å². The Morgan fingerprint density at radius 1 is 0.957 bits per heavy atom. The molecule has 4 N–H and O–H groups in total. The van der Waals surface area contributed by atoms with Gasteiger partial charge in [-0.3, -0.25) is 9.59 Å². The minimum absolute atomic E-state index is 0.0664. The van der Waals surface area contributed by atoms with Crippen LogP contribution in [-0.4, -0.2) is 51.1 Å². The minimum Gasteiger partial charge on any atom is -0.465 e. The van der Waals surface area contributed by atoms with Crippen molar-refractivity contribution in [1.82, 2.24) is 5.32 Å². The van der Waals surface area contributed by atoms with E-state index in [-0.39, 0.29) is 29.9 Å². The second-order valence-electron chi connectivity index (χ2n) is 4.31. The number of hydrogen-bond donors (Lipinski definition) is 3. The van der Waals surface area contributed by atoms with E-state index < -0.39 is 23.8 Å². The van der Waals surface area contributed by atoms with Gasteiger partial charge in [0.15, 0.2) is 0 Å². The Labute approximate surface area is 132 Å². The minimum atomic E-state index is -0.678. The van der Waals surface area contributed by atoms with Gasteiger partial charge in [0.2, 0.25) is 11.8 Å². The Morgan fingerprint density at radius 2 is 1.48 bits per heavy atom. The maximum Gasteiger partial charge on any atom is 0.337 e. The van der Waals surface area contributed by atoms with Crippen LogP contribution in [0.4, 0.5) is 5.69 Å². The van der Waals surface area contributed by atoms with Crippen LogP contribution in [0.15, 0.2) is 18.2 Å². The number of anilines is 1. The summed E-state index contributed by atoms with van der Waals surface area (Å²) >= 11 is 0. The summed E-state index contributed by atoms with van der Waals surface area (Å²) in [6.45, 7) is -0.538. The molecule has 0 aliphatic rings. The molecule has 0 spiro atoms. The van der Waals surface area contributed by atoms with Crippen molar-refractivity contribution in [2.75, 3.05) is 32.6 Å². The number of carbonyl (C=O) groups is 4. The summed E-state index contributed by atoms with van der Waals surface area (Å²) < 4.78 is 9.17. The van der Waals surface area contributed by atoms with Crippen LogP contribution in [0.1, 0.15) is 20.7 Å². The Morgan fingerprint density at radius 3 is 1.91 bits per heavy atom. The highest BCUT2D eigenvalue weighted by Crippen LogP contribution is 2.17. The van der Waals surface area contributed by atoms with Gasteiger partial charge in [-0.25, -0.2) is 9.59 Å². The average molecular weight is 323 g/mol. The molecule has 0 aliphatic heterocycles. The highest BCUT2D eigenvalue weighted by atomic mass is 16.5. The third-order valence-corrected chi connectivity index (χ3v) is 2.69. The van der Waals surface area contributed by atoms with Crippen LogP contribution < -0.4 is 16.4 Å². The number of esters is 2. The summed E-state index contributed by atoms with van der Waals surface area (Å²) in [4.78, 5) is 46.0. The third-order valence-electron chi connectivity index (χ3n) is 2.69. The van der Waals surface area contributed by atoms with Crippen molar-refractivity contribution in [2.24, 2.45) is 5.73 Å². The van der Waals surface area contributed by atoms with Gasteiger partial charge in [0.05, 0.1) is 38.4 Å². The summed E-state index contributed by atoms with van der Waals surface area (Å²) in [7, 11) is 2.38. The van der Waals surface area contributed by atoms with E-state index in [2.05, 4.69) is 20.1 Å². The lowest BCUT2D eigenvalue weighted by Crippen LogP contribution is -2.36. The highest BCUT2D eigenvalue weighted by molar-refractivity contribution is 6.00. The number of rotatable bonds is 6. The Kier molecular flexibility index (Phi) is 6.68. The molecule has 0 fully saturated rings. The molecular weight excluding hydrogens is 306 g/mol. The zero-order valence-electron chi connectivity index (χ0n) is 12.7. The fourth-order valence-electron chi connectivity index (χ4n) is 1.63. The predicted octanol–water partition coefficient (Wildman–Crippen LogP) is -0.727. The largest absolute Gasteiger partial charge is 0.465 e. The average Bonchev–Trinajstić information content (AvgIpc) is 2.57. The van der Waals surface area contributed by atoms with E-state index in [1.165, 1.54) is 32.4 Å². The SMILES string of the molecule is COC(=O)c1cc(NC(=O)CNC(=O)CN)cc(C(=O)OC)c1. The fourth-order valence-corrected chi connectivity index (χ4v) is 1.63. The van der Waals surface area contributed by atoms with Gasteiger partial charge >= 0.3 is 11.9 Å². The van der Waals surface area contributed by atoms with E-state index >= 15 is 0 Å². The zero-order chi connectivity index (χ0) is 17.4. The lowest BCUT2D eigenvalue weighted by Gasteiger charge is -2.10. The van der Waals surface area contributed by atoms with Gasteiger partial charge in [-0.1, -0.05) is 0 Å². The highest BCUT2D eigenvalue weighted by Gasteiger charge is 2.15. The van der Waals surface area contributed by atoms with Gasteiger partial charge in [0.25, 0.3) is 0 Å². The normalized spacial score (nSPS) is 9.70. The van der Waals surface area contributed by atoms with Crippen molar-refractivity contribution in [2.45, 2.75) is 0 Å². The molecule has 0 aliphatic carbocycles. The standard InChI is InChI=1S/C14H17N3O6/c1-22-13(20)8-3-9(14(21)23-2)5-10(4-8)17-12(19)7-16-11(18)6-15/h3-5H,6-7,15H2,1-2H3,(H,16,18)(H,17,19). The number of hydrogen-bond acceptors (Lipinski definition) is 7. The smallest absolute Gasteiger partial charge is 0.337 e. The van der Waals surface area contributed by atoms with E-state index in [1.807, 2.05) is 0 Å². The quantitative estimate of drug-likeness (QED) is 0.587. The van der Waals surface area contributed by atoms with Crippen molar-refractivity contribution >= 4 is 29.4 Å². The molecule has 1 aromatic rings. The summed E-state index contributed by atoms with van der Waals surface area (Å²) in [5.74, 6) is -2.39. The summed E-state index contributed by atoms with van der Waals surface area (Å²) in [5, 5.41) is 4.74. The first-order valence-corrected chi connectivity index (χ1v) is 6.49. The van der Waals surface area contributed by atoms with E-state index in [4.69, 9.17) is 5.73 Å². The number of nitrogens with two attached hydrogens (primary N) is 1. The monoisotopic (exact) mass is 323 g/mol. The van der Waals surface area contributed by atoms with Crippen LogP contribution in [0.2, 0.25) is 0 Å². The second kappa shape index (κ2) is 8.49. The molecule has 1 aromatic carbocycles. The first-order chi connectivity index (χ1) is 10.9. The van der Waals surface area contributed by atoms with E-state index in [0.717, 1.165) is 0 Å². The molecule has 0 saturated heterocycles. The second-order valence-corrected chi connectivity index (χ2v) is 4.31. The molecule has 0 heterocycles. The molecule has 23 heavy (non-hydrogen) atoms. The first-order valence-electron chi connectivity index (χ1n) is 6.49. The fraction of sp³-hybridized carbons (Fsp3) is 0.286. The van der Waals surface area contributed by atoms with Crippen molar-refractivity contribution in [1.29, 1.82) is 0 Å². The molecule has 0 atom stereocenters. The van der Waals surface area contributed by atoms with E-state index in [9.17, 15) is 19.2 Å². The van der Waals surface area contributed by atoms with Crippen LogP contribution in [0, 0.1) is 0 Å². The van der Waals surface area contributed by atoms with Gasteiger partial charge in [-0.05, 0) is 18.2 Å². The Hall–Kier alpha value is -2.94. The topological polar surface area (TPSA) is 137 Å². The lowest BCUT2D eigenvalue weighted by atomic mass is 10.1. The van der Waals surface area contributed by atoms with E-state index in [0.29, 0.717) is 0 Å². The molecule has 2 amide bonds. The molecule has 9 nitrogen and oxygen atoms in total. The van der Waals surface area contributed by atoms with Gasteiger partial charge in [0.1, 0.15) is 0 Å². The maximum atomic E-state index is 11.7. The van der Waals surface area contributed by atoms with Crippen LogP contribution >= 0.6 is 0 Å². The number of methoxy groups -OCH3 is 2. The molecule has 1 rings (SSSR count). The maximum absolute atomic E-state index is 11.7. The number of nitrogens with one attached hydrogen (secondary N) is 2. The molecule has 0 saturated carbocycles. The first kappa shape index (κ1) is 18.1. The molecular formula is C14H17N3O6. The number of benzene rings is 1. The molecule has 124 valence electrons. The van der Waals surface area contributed by atoms with Crippen LogP contribution in [0.3, 0.4) is 0 Å². The Bertz CT molecular complexity index is 595. The number of ether oxygens (including phenoxy) is 2. The summed E-state index contributed by atoms with van der Waals surface area (Å²) in [6, 6.07) is 3.95. The predicted molar refractivity (Wildman–Crippen MR) is 79.8 cm³/mol. The zero-order valence-corrected chi connectivity index (χ0v) is 12.7. The molecule has 0 aromatic heterocycles. The summed E-state index contributed by atoms with van der Waals surface area (Å²) in [6.07, 6.45) is 0.